The molecular formula is C12H21NO3. The quantitative estimate of drug-likeness (QED) is 0.410. The second-order valence-electron chi connectivity index (χ2n) is 3.04. The normalized spacial score (nSPS) is 8.31. The molecule has 0 fully saturated rings. The van der Waals surface area contributed by atoms with E-state index in [9.17, 15) is 9.59 Å². The van der Waals surface area contributed by atoms with E-state index in [-0.39, 0.29) is 5.97 Å². The molecule has 0 spiro atoms. The number of hydrogen-bond acceptors (Lipinski definition) is 3. The number of esters is 1. The van der Waals surface area contributed by atoms with Gasteiger partial charge in [0.2, 0.25) is 5.91 Å². The largest absolute Gasteiger partial charge is 0.463 e. The number of amides is 1. The number of unbranched alkanes of at least 4 members (excludes halogenated alkanes) is 3. The van der Waals surface area contributed by atoms with Crippen LogP contribution in [0.2, 0.25) is 0 Å². The van der Waals surface area contributed by atoms with E-state index in [1.807, 2.05) is 0 Å². The van der Waals surface area contributed by atoms with Gasteiger partial charge in [-0.15, -0.1) is 0 Å². The third-order valence-electron chi connectivity index (χ3n) is 1.61. The molecule has 0 rings (SSSR count). The molecule has 0 radical (unpaired) electrons. The Labute approximate surface area is 97.2 Å². The number of carbonyl (C=O) groups excluding carboxylic acids is 2. The van der Waals surface area contributed by atoms with Gasteiger partial charge in [0.1, 0.15) is 0 Å². The summed E-state index contributed by atoms with van der Waals surface area (Å²) in [5, 5.41) is 0. The second-order valence-corrected chi connectivity index (χ2v) is 3.04. The molecule has 0 aromatic rings. The number of carbonyl (C=O) groups is 2. The standard InChI is InChI=1S/C9H16O2.C3H5NO/c1-3-5-6-7-8-11-9(10)4-2;1-2-3(4)5/h4H,2-3,5-8H2,1H3;2H,1H2,(H2,4,5). The molecule has 0 aliphatic rings. The summed E-state index contributed by atoms with van der Waals surface area (Å²) in [4.78, 5) is 20.0. The molecule has 4 nitrogen and oxygen atoms in total. The molecule has 0 aliphatic heterocycles. The van der Waals surface area contributed by atoms with Crippen LogP contribution < -0.4 is 5.73 Å². The van der Waals surface area contributed by atoms with E-state index in [0.29, 0.717) is 6.61 Å². The first-order valence-corrected chi connectivity index (χ1v) is 5.29. The van der Waals surface area contributed by atoms with Crippen LogP contribution in [-0.4, -0.2) is 18.5 Å². The van der Waals surface area contributed by atoms with Crippen LogP contribution in [0.15, 0.2) is 25.3 Å². The van der Waals surface area contributed by atoms with Crippen molar-refractivity contribution in [2.45, 2.75) is 32.6 Å². The molecule has 0 heterocycles. The predicted octanol–water partition coefficient (Wildman–Crippen LogP) is 1.95. The molecule has 0 saturated heterocycles. The molecule has 2 N–H and O–H groups in total. The van der Waals surface area contributed by atoms with Gasteiger partial charge in [-0.3, -0.25) is 4.79 Å². The Morgan fingerprint density at radius 1 is 1.19 bits per heavy atom. The summed E-state index contributed by atoms with van der Waals surface area (Å²) in [5.74, 6) is -0.800. The number of ether oxygens (including phenoxy) is 1. The summed E-state index contributed by atoms with van der Waals surface area (Å²) in [7, 11) is 0. The van der Waals surface area contributed by atoms with Crippen molar-refractivity contribution < 1.29 is 14.3 Å². The van der Waals surface area contributed by atoms with Crippen LogP contribution in [0.5, 0.6) is 0 Å². The third-order valence-corrected chi connectivity index (χ3v) is 1.61. The van der Waals surface area contributed by atoms with E-state index in [0.717, 1.165) is 18.9 Å². The first kappa shape index (κ1) is 16.8. The maximum absolute atomic E-state index is 10.5. The first-order valence-electron chi connectivity index (χ1n) is 5.29. The van der Waals surface area contributed by atoms with Crippen molar-refractivity contribution in [3.05, 3.63) is 25.3 Å². The topological polar surface area (TPSA) is 69.4 Å². The smallest absolute Gasteiger partial charge is 0.330 e. The highest BCUT2D eigenvalue weighted by atomic mass is 16.5. The van der Waals surface area contributed by atoms with Gasteiger partial charge in [-0.1, -0.05) is 39.3 Å². The highest BCUT2D eigenvalue weighted by molar-refractivity contribution is 5.85. The minimum Gasteiger partial charge on any atom is -0.463 e. The molecular weight excluding hydrogens is 206 g/mol. The zero-order valence-electron chi connectivity index (χ0n) is 9.91. The van der Waals surface area contributed by atoms with Crippen LogP contribution in [0.25, 0.3) is 0 Å². The van der Waals surface area contributed by atoms with E-state index in [1.165, 1.54) is 18.9 Å². The van der Waals surface area contributed by atoms with Gasteiger partial charge in [0, 0.05) is 6.08 Å². The van der Waals surface area contributed by atoms with E-state index in [2.05, 4.69) is 25.8 Å². The van der Waals surface area contributed by atoms with E-state index in [4.69, 9.17) is 4.74 Å². The molecule has 92 valence electrons. The van der Waals surface area contributed by atoms with Gasteiger partial charge in [-0.25, -0.2) is 4.79 Å². The molecule has 0 atom stereocenters. The summed E-state index contributed by atoms with van der Waals surface area (Å²) in [5.41, 5.74) is 4.53. The van der Waals surface area contributed by atoms with Gasteiger partial charge in [0.05, 0.1) is 6.61 Å². The molecule has 0 aromatic carbocycles. The maximum atomic E-state index is 10.5. The highest BCUT2D eigenvalue weighted by Crippen LogP contribution is 1.98. The summed E-state index contributed by atoms with van der Waals surface area (Å²) in [6.45, 7) is 9.07. The molecule has 0 bridgehead atoms. The minimum atomic E-state index is -0.481. The van der Waals surface area contributed by atoms with Crippen molar-refractivity contribution in [2.75, 3.05) is 6.61 Å². The highest BCUT2D eigenvalue weighted by Gasteiger charge is 1.93. The summed E-state index contributed by atoms with van der Waals surface area (Å²) >= 11 is 0. The van der Waals surface area contributed by atoms with Crippen molar-refractivity contribution in [1.29, 1.82) is 0 Å². The van der Waals surface area contributed by atoms with Gasteiger partial charge < -0.3 is 10.5 Å². The van der Waals surface area contributed by atoms with Crippen molar-refractivity contribution in [3.63, 3.8) is 0 Å². The predicted molar refractivity (Wildman–Crippen MR) is 64.7 cm³/mol. The van der Waals surface area contributed by atoms with E-state index >= 15 is 0 Å². The fraction of sp³-hybridized carbons (Fsp3) is 0.500. The Morgan fingerprint density at radius 3 is 2.12 bits per heavy atom. The van der Waals surface area contributed by atoms with Crippen LogP contribution >= 0.6 is 0 Å². The third kappa shape index (κ3) is 18.3. The van der Waals surface area contributed by atoms with Crippen molar-refractivity contribution in [3.8, 4) is 0 Å². The number of nitrogens with two attached hydrogens (primary N) is 1. The van der Waals surface area contributed by atoms with E-state index < -0.39 is 5.91 Å². The molecule has 0 saturated carbocycles. The Morgan fingerprint density at radius 2 is 1.75 bits per heavy atom. The Balaban J connectivity index is 0. The fourth-order valence-corrected chi connectivity index (χ4v) is 0.761. The van der Waals surface area contributed by atoms with Gasteiger partial charge >= 0.3 is 5.97 Å². The summed E-state index contributed by atoms with van der Waals surface area (Å²) in [6.07, 6.45) is 6.77. The van der Waals surface area contributed by atoms with Crippen LogP contribution in [0.4, 0.5) is 0 Å². The minimum absolute atomic E-state index is 0.318. The second kappa shape index (κ2) is 13.4. The molecule has 0 aromatic heterocycles. The average Bonchev–Trinajstić information content (AvgIpc) is 2.29. The number of rotatable bonds is 7. The van der Waals surface area contributed by atoms with Crippen LogP contribution in [-0.2, 0) is 14.3 Å². The van der Waals surface area contributed by atoms with Crippen LogP contribution in [0.1, 0.15) is 32.6 Å². The Bertz CT molecular complexity index is 224. The molecule has 0 aliphatic carbocycles. The number of primary amides is 1. The van der Waals surface area contributed by atoms with Crippen LogP contribution in [0, 0.1) is 0 Å². The molecule has 0 unspecified atom stereocenters. The zero-order valence-corrected chi connectivity index (χ0v) is 9.91. The SMILES string of the molecule is C=CC(=O)OCCCCCC.C=CC(N)=O. The van der Waals surface area contributed by atoms with Gasteiger partial charge in [-0.05, 0) is 12.5 Å². The zero-order chi connectivity index (χ0) is 12.8. The molecule has 16 heavy (non-hydrogen) atoms. The van der Waals surface area contributed by atoms with Gasteiger partial charge in [-0.2, -0.15) is 0 Å². The van der Waals surface area contributed by atoms with Gasteiger partial charge in [0.15, 0.2) is 0 Å². The van der Waals surface area contributed by atoms with Crippen molar-refractivity contribution in [1.82, 2.24) is 0 Å². The molecule has 1 amide bonds. The average molecular weight is 227 g/mol. The first-order chi connectivity index (χ1) is 7.58. The van der Waals surface area contributed by atoms with Crippen molar-refractivity contribution >= 4 is 11.9 Å². The lowest BCUT2D eigenvalue weighted by atomic mass is 10.2. The number of hydrogen-bond donors (Lipinski definition) is 1. The monoisotopic (exact) mass is 227 g/mol. The lowest BCUT2D eigenvalue weighted by Gasteiger charge is -1.99. The Kier molecular flexibility index (Phi) is 14.1. The van der Waals surface area contributed by atoms with E-state index in [1.54, 1.807) is 0 Å². The maximum Gasteiger partial charge on any atom is 0.330 e. The molecule has 4 heteroatoms. The lowest BCUT2D eigenvalue weighted by Crippen LogP contribution is -2.04. The Hall–Kier alpha value is -1.58. The fourth-order valence-electron chi connectivity index (χ4n) is 0.761. The van der Waals surface area contributed by atoms with Gasteiger partial charge in [0.25, 0.3) is 0 Å². The van der Waals surface area contributed by atoms with Crippen molar-refractivity contribution in [2.24, 2.45) is 5.73 Å². The lowest BCUT2D eigenvalue weighted by molar-refractivity contribution is -0.137. The van der Waals surface area contributed by atoms with Crippen LogP contribution in [0.3, 0.4) is 0 Å². The summed E-state index contributed by atoms with van der Waals surface area (Å²) in [6, 6.07) is 0. The summed E-state index contributed by atoms with van der Waals surface area (Å²) < 4.78 is 4.78.